The van der Waals surface area contributed by atoms with Crippen molar-refractivity contribution in [2.45, 2.75) is 25.7 Å². The van der Waals surface area contributed by atoms with Crippen LogP contribution in [0.15, 0.2) is 18.5 Å². The first-order chi connectivity index (χ1) is 11.8. The number of hydrogen-bond acceptors (Lipinski definition) is 7. The van der Waals surface area contributed by atoms with Gasteiger partial charge >= 0.3 is 0 Å². The van der Waals surface area contributed by atoms with Crippen LogP contribution in [0.25, 0.3) is 0 Å². The summed E-state index contributed by atoms with van der Waals surface area (Å²) in [5.41, 5.74) is 2.89. The van der Waals surface area contributed by atoms with Crippen LogP contribution < -0.4 is 10.2 Å². The van der Waals surface area contributed by atoms with Gasteiger partial charge in [-0.25, -0.2) is 9.97 Å². The number of hydrogen-bond donors (Lipinski definition) is 1. The maximum atomic E-state index is 8.72. The zero-order valence-electron chi connectivity index (χ0n) is 13.4. The Morgan fingerprint density at radius 2 is 2.04 bits per heavy atom. The van der Waals surface area contributed by atoms with Crippen LogP contribution in [0.5, 0.6) is 0 Å². The van der Waals surface area contributed by atoms with Gasteiger partial charge in [-0.05, 0) is 37.3 Å². The fourth-order valence-electron chi connectivity index (χ4n) is 3.25. The van der Waals surface area contributed by atoms with E-state index in [1.165, 1.54) is 30.3 Å². The fourth-order valence-corrected chi connectivity index (χ4v) is 3.25. The number of nitrogens with one attached hydrogen (secondary N) is 1. The van der Waals surface area contributed by atoms with Gasteiger partial charge in [0.05, 0.1) is 18.1 Å². The van der Waals surface area contributed by atoms with Crippen LogP contribution >= 0.6 is 0 Å². The lowest BCUT2D eigenvalue weighted by Gasteiger charge is -2.40. The van der Waals surface area contributed by atoms with E-state index in [1.807, 2.05) is 6.07 Å². The summed E-state index contributed by atoms with van der Waals surface area (Å²) in [6, 6.07) is 4.19. The summed E-state index contributed by atoms with van der Waals surface area (Å²) in [4.78, 5) is 10.5. The molecule has 2 aromatic rings. The predicted molar refractivity (Wildman–Crippen MR) is 89.6 cm³/mol. The number of aryl methyl sites for hydroxylation is 2. The van der Waals surface area contributed by atoms with E-state index in [2.05, 4.69) is 36.4 Å². The van der Waals surface area contributed by atoms with E-state index in [-0.39, 0.29) is 0 Å². The van der Waals surface area contributed by atoms with Crippen molar-refractivity contribution in [3.8, 4) is 6.07 Å². The second-order valence-electron chi connectivity index (χ2n) is 6.43. The molecule has 1 aliphatic carbocycles. The van der Waals surface area contributed by atoms with Gasteiger partial charge < -0.3 is 10.2 Å². The zero-order chi connectivity index (χ0) is 16.4. The van der Waals surface area contributed by atoms with Crippen molar-refractivity contribution in [3.05, 3.63) is 35.4 Å². The SMILES string of the molecule is N#Cc1cnc(NCC2CN(c3cc4c(nn3)CCCC4)C2)cn1. The van der Waals surface area contributed by atoms with Crippen LogP contribution in [-0.4, -0.2) is 39.8 Å². The van der Waals surface area contributed by atoms with Crippen molar-refractivity contribution >= 4 is 11.6 Å². The van der Waals surface area contributed by atoms with Gasteiger partial charge in [-0.15, -0.1) is 5.10 Å². The Morgan fingerprint density at radius 3 is 2.83 bits per heavy atom. The first-order valence-corrected chi connectivity index (χ1v) is 8.38. The highest BCUT2D eigenvalue weighted by Crippen LogP contribution is 2.26. The third-order valence-electron chi connectivity index (χ3n) is 4.68. The second-order valence-corrected chi connectivity index (χ2v) is 6.43. The van der Waals surface area contributed by atoms with Crippen molar-refractivity contribution in [1.29, 1.82) is 5.26 Å². The minimum absolute atomic E-state index is 0.335. The largest absolute Gasteiger partial charge is 0.368 e. The molecule has 2 aromatic heterocycles. The van der Waals surface area contributed by atoms with E-state index >= 15 is 0 Å². The highest BCUT2D eigenvalue weighted by Gasteiger charge is 2.28. The predicted octanol–water partition coefficient (Wildman–Crippen LogP) is 1.57. The molecule has 0 bridgehead atoms. The summed E-state index contributed by atoms with van der Waals surface area (Å²) in [7, 11) is 0. The van der Waals surface area contributed by atoms with E-state index in [0.29, 0.717) is 17.4 Å². The summed E-state index contributed by atoms with van der Waals surface area (Å²) in [5.74, 6) is 2.27. The molecule has 0 amide bonds. The lowest BCUT2D eigenvalue weighted by atomic mass is 9.95. The van der Waals surface area contributed by atoms with Crippen LogP contribution in [0.3, 0.4) is 0 Å². The van der Waals surface area contributed by atoms with Gasteiger partial charge in [-0.1, -0.05) is 0 Å². The van der Waals surface area contributed by atoms with Gasteiger partial charge in [0.1, 0.15) is 11.9 Å². The summed E-state index contributed by atoms with van der Waals surface area (Å²) in [5, 5.41) is 20.8. The quantitative estimate of drug-likeness (QED) is 0.914. The van der Waals surface area contributed by atoms with Crippen molar-refractivity contribution < 1.29 is 0 Å². The molecule has 0 saturated carbocycles. The van der Waals surface area contributed by atoms with Gasteiger partial charge in [0, 0.05) is 25.6 Å². The third kappa shape index (κ3) is 3.00. The van der Waals surface area contributed by atoms with Crippen molar-refractivity contribution in [1.82, 2.24) is 20.2 Å². The van der Waals surface area contributed by atoms with Gasteiger partial charge in [0.2, 0.25) is 0 Å². The summed E-state index contributed by atoms with van der Waals surface area (Å²) in [6.45, 7) is 2.80. The number of rotatable bonds is 4. The molecule has 122 valence electrons. The molecule has 3 heterocycles. The topological polar surface area (TPSA) is 90.6 Å². The standard InChI is InChI=1S/C17H19N7/c18-6-14-8-21-16(9-19-14)20-7-12-10-24(11-12)17-5-13-3-1-2-4-15(13)22-23-17/h5,8-9,12H,1-4,7,10-11H2,(H,20,21). The molecule has 0 aromatic carbocycles. The number of fused-ring (bicyclic) bond motifs is 1. The normalized spacial score (nSPS) is 16.9. The monoisotopic (exact) mass is 321 g/mol. The second kappa shape index (κ2) is 6.40. The maximum Gasteiger partial charge on any atom is 0.158 e. The molecular weight excluding hydrogens is 302 g/mol. The number of nitrogens with zero attached hydrogens (tertiary/aromatic N) is 6. The average Bonchev–Trinajstić information content (AvgIpc) is 2.61. The number of anilines is 2. The number of nitriles is 1. The molecule has 7 heteroatoms. The molecule has 1 aliphatic heterocycles. The highest BCUT2D eigenvalue weighted by atomic mass is 15.3. The lowest BCUT2D eigenvalue weighted by molar-refractivity contribution is 0.424. The molecule has 24 heavy (non-hydrogen) atoms. The summed E-state index contributed by atoms with van der Waals surface area (Å²) >= 11 is 0. The van der Waals surface area contributed by atoms with Crippen LogP contribution in [0.4, 0.5) is 11.6 Å². The zero-order valence-corrected chi connectivity index (χ0v) is 13.4. The molecule has 1 fully saturated rings. The average molecular weight is 321 g/mol. The summed E-state index contributed by atoms with van der Waals surface area (Å²) in [6.07, 6.45) is 7.78. The molecule has 1 saturated heterocycles. The fraction of sp³-hybridized carbons (Fsp3) is 0.471. The molecule has 0 atom stereocenters. The van der Waals surface area contributed by atoms with E-state index in [1.54, 1.807) is 6.20 Å². The Morgan fingerprint density at radius 1 is 1.17 bits per heavy atom. The lowest BCUT2D eigenvalue weighted by Crippen LogP contribution is -2.50. The summed E-state index contributed by atoms with van der Waals surface area (Å²) < 4.78 is 0. The van der Waals surface area contributed by atoms with Gasteiger partial charge in [0.25, 0.3) is 0 Å². The Balaban J connectivity index is 1.29. The smallest absolute Gasteiger partial charge is 0.158 e. The number of aromatic nitrogens is 4. The minimum atomic E-state index is 0.335. The van der Waals surface area contributed by atoms with Crippen LogP contribution in [0.1, 0.15) is 29.8 Å². The third-order valence-corrected chi connectivity index (χ3v) is 4.68. The van der Waals surface area contributed by atoms with Gasteiger partial charge in [0.15, 0.2) is 11.5 Å². The molecule has 0 radical (unpaired) electrons. The molecule has 1 N–H and O–H groups in total. The van der Waals surface area contributed by atoms with Crippen molar-refractivity contribution in [3.63, 3.8) is 0 Å². The minimum Gasteiger partial charge on any atom is -0.368 e. The van der Waals surface area contributed by atoms with E-state index in [9.17, 15) is 0 Å². The van der Waals surface area contributed by atoms with Crippen LogP contribution in [0.2, 0.25) is 0 Å². The van der Waals surface area contributed by atoms with E-state index in [4.69, 9.17) is 5.26 Å². The Labute approximate surface area is 140 Å². The van der Waals surface area contributed by atoms with Crippen LogP contribution in [0, 0.1) is 17.2 Å². The highest BCUT2D eigenvalue weighted by molar-refractivity contribution is 5.45. The van der Waals surface area contributed by atoms with Gasteiger partial charge in [-0.2, -0.15) is 10.4 Å². The molecule has 0 unspecified atom stereocenters. The Bertz CT molecular complexity index is 759. The van der Waals surface area contributed by atoms with E-state index < -0.39 is 0 Å². The molecular formula is C17H19N7. The van der Waals surface area contributed by atoms with Crippen molar-refractivity contribution in [2.24, 2.45) is 5.92 Å². The molecule has 2 aliphatic rings. The first kappa shape index (κ1) is 14.8. The van der Waals surface area contributed by atoms with Crippen LogP contribution in [-0.2, 0) is 12.8 Å². The molecule has 0 spiro atoms. The first-order valence-electron chi connectivity index (χ1n) is 8.38. The molecule has 7 nitrogen and oxygen atoms in total. The Kier molecular flexibility index (Phi) is 3.95. The maximum absolute atomic E-state index is 8.72. The molecule has 4 rings (SSSR count). The Hall–Kier alpha value is -2.75. The van der Waals surface area contributed by atoms with Gasteiger partial charge in [-0.3, -0.25) is 0 Å². The van der Waals surface area contributed by atoms with E-state index in [0.717, 1.165) is 38.3 Å². The van der Waals surface area contributed by atoms with Crippen molar-refractivity contribution in [2.75, 3.05) is 29.9 Å².